The summed E-state index contributed by atoms with van der Waals surface area (Å²) in [5.74, 6) is 0.620. The maximum atomic E-state index is 12.9. The molecule has 1 saturated heterocycles. The second-order valence-electron chi connectivity index (χ2n) is 4.03. The van der Waals surface area contributed by atoms with Crippen LogP contribution < -0.4 is 5.32 Å². The van der Waals surface area contributed by atoms with E-state index in [2.05, 4.69) is 5.32 Å². The Labute approximate surface area is 98.1 Å². The van der Waals surface area contributed by atoms with E-state index in [0.717, 1.165) is 31.0 Å². The summed E-state index contributed by atoms with van der Waals surface area (Å²) in [7, 11) is 0. The van der Waals surface area contributed by atoms with Crippen LogP contribution in [-0.2, 0) is 6.42 Å². The van der Waals surface area contributed by atoms with Gasteiger partial charge in [0, 0.05) is 0 Å². The lowest BCUT2D eigenvalue weighted by Gasteiger charge is -2.22. The zero-order valence-corrected chi connectivity index (χ0v) is 10.3. The Bertz CT molecular complexity index is 293. The fourth-order valence-electron chi connectivity index (χ4n) is 2.08. The van der Waals surface area contributed by atoms with Gasteiger partial charge in [-0.1, -0.05) is 26.0 Å². The van der Waals surface area contributed by atoms with Crippen molar-refractivity contribution in [3.05, 3.63) is 35.6 Å². The normalized spacial score (nSPS) is 16.4. The second-order valence-corrected chi connectivity index (χ2v) is 4.03. The minimum atomic E-state index is -0.114. The number of piperidine rings is 1. The van der Waals surface area contributed by atoms with Gasteiger partial charge in [0.1, 0.15) is 5.82 Å². The Balaban J connectivity index is 0.000000606. The standard InChI is InChI=1S/C12H16FN.C2H6/c13-12-3-1-2-11(9-12)8-10-4-6-14-7-5-10;1-2/h1-3,9-10,14H,4-8H2;1-2H3. The smallest absolute Gasteiger partial charge is 0.123 e. The van der Waals surface area contributed by atoms with Gasteiger partial charge in [0.2, 0.25) is 0 Å². The van der Waals surface area contributed by atoms with Gasteiger partial charge in [-0.05, 0) is 56.0 Å². The number of hydrogen-bond acceptors (Lipinski definition) is 1. The van der Waals surface area contributed by atoms with Crippen LogP contribution in [0.3, 0.4) is 0 Å². The van der Waals surface area contributed by atoms with Gasteiger partial charge in [0.15, 0.2) is 0 Å². The van der Waals surface area contributed by atoms with Crippen molar-refractivity contribution in [1.82, 2.24) is 5.32 Å². The predicted octanol–water partition coefficient (Wildman–Crippen LogP) is 3.39. The number of hydrogen-bond donors (Lipinski definition) is 1. The summed E-state index contributed by atoms with van der Waals surface area (Å²) in [6.45, 7) is 6.22. The first kappa shape index (κ1) is 13.2. The average molecular weight is 223 g/mol. The molecule has 1 aromatic rings. The van der Waals surface area contributed by atoms with Gasteiger partial charge in [-0.25, -0.2) is 4.39 Å². The van der Waals surface area contributed by atoms with Crippen molar-refractivity contribution < 1.29 is 4.39 Å². The first-order valence-corrected chi connectivity index (χ1v) is 6.30. The number of benzene rings is 1. The van der Waals surface area contributed by atoms with E-state index in [9.17, 15) is 4.39 Å². The van der Waals surface area contributed by atoms with Gasteiger partial charge in [0.05, 0.1) is 0 Å². The van der Waals surface area contributed by atoms with E-state index >= 15 is 0 Å². The van der Waals surface area contributed by atoms with Crippen molar-refractivity contribution in [2.24, 2.45) is 5.92 Å². The monoisotopic (exact) mass is 223 g/mol. The molecule has 1 aliphatic rings. The molecule has 16 heavy (non-hydrogen) atoms. The Hall–Kier alpha value is -0.890. The molecule has 0 unspecified atom stereocenters. The summed E-state index contributed by atoms with van der Waals surface area (Å²) in [5.41, 5.74) is 1.14. The Morgan fingerprint density at radius 1 is 1.25 bits per heavy atom. The van der Waals surface area contributed by atoms with Crippen molar-refractivity contribution >= 4 is 0 Å². The molecule has 0 saturated carbocycles. The van der Waals surface area contributed by atoms with E-state index in [0.29, 0.717) is 0 Å². The van der Waals surface area contributed by atoms with E-state index in [1.165, 1.54) is 18.9 Å². The lowest BCUT2D eigenvalue weighted by molar-refractivity contribution is 0.372. The zero-order valence-electron chi connectivity index (χ0n) is 10.3. The number of nitrogens with one attached hydrogen (secondary N) is 1. The van der Waals surface area contributed by atoms with E-state index in [-0.39, 0.29) is 5.82 Å². The van der Waals surface area contributed by atoms with Gasteiger partial charge >= 0.3 is 0 Å². The van der Waals surface area contributed by atoms with Gasteiger partial charge in [-0.15, -0.1) is 0 Å². The second kappa shape index (κ2) is 7.39. The van der Waals surface area contributed by atoms with Crippen molar-refractivity contribution in [3.63, 3.8) is 0 Å². The fourth-order valence-corrected chi connectivity index (χ4v) is 2.08. The minimum absolute atomic E-state index is 0.114. The van der Waals surface area contributed by atoms with Crippen molar-refractivity contribution in [1.29, 1.82) is 0 Å². The molecule has 1 aliphatic heterocycles. The highest BCUT2D eigenvalue weighted by atomic mass is 19.1. The average Bonchev–Trinajstić information content (AvgIpc) is 2.33. The molecule has 0 amide bonds. The topological polar surface area (TPSA) is 12.0 Å². The van der Waals surface area contributed by atoms with Crippen molar-refractivity contribution in [2.45, 2.75) is 33.1 Å². The molecule has 1 N–H and O–H groups in total. The molecule has 0 spiro atoms. The molecule has 0 radical (unpaired) electrons. The molecule has 0 aromatic heterocycles. The van der Waals surface area contributed by atoms with E-state index in [4.69, 9.17) is 0 Å². The van der Waals surface area contributed by atoms with Crippen LogP contribution in [0.15, 0.2) is 24.3 Å². The minimum Gasteiger partial charge on any atom is -0.317 e. The van der Waals surface area contributed by atoms with Crippen LogP contribution in [0.25, 0.3) is 0 Å². The Morgan fingerprint density at radius 3 is 2.56 bits per heavy atom. The molecule has 1 heterocycles. The highest BCUT2D eigenvalue weighted by molar-refractivity contribution is 5.16. The quantitative estimate of drug-likeness (QED) is 0.810. The van der Waals surface area contributed by atoms with Gasteiger partial charge in [-0.3, -0.25) is 0 Å². The number of rotatable bonds is 2. The molecule has 1 aromatic carbocycles. The first-order valence-electron chi connectivity index (χ1n) is 6.30. The third kappa shape index (κ3) is 4.31. The summed E-state index contributed by atoms with van der Waals surface area (Å²) in [5, 5.41) is 3.34. The summed E-state index contributed by atoms with van der Waals surface area (Å²) < 4.78 is 12.9. The van der Waals surface area contributed by atoms with E-state index in [1.807, 2.05) is 19.9 Å². The van der Waals surface area contributed by atoms with E-state index in [1.54, 1.807) is 12.1 Å². The van der Waals surface area contributed by atoms with Crippen LogP contribution in [0.4, 0.5) is 4.39 Å². The SMILES string of the molecule is CC.Fc1cccc(CC2CCNCC2)c1. The maximum absolute atomic E-state index is 12.9. The Kier molecular flexibility index (Phi) is 6.09. The van der Waals surface area contributed by atoms with Crippen LogP contribution in [-0.4, -0.2) is 13.1 Å². The van der Waals surface area contributed by atoms with E-state index < -0.39 is 0 Å². The van der Waals surface area contributed by atoms with Crippen LogP contribution in [0.5, 0.6) is 0 Å². The summed E-state index contributed by atoms with van der Waals surface area (Å²) in [6.07, 6.45) is 3.46. The summed E-state index contributed by atoms with van der Waals surface area (Å²) in [4.78, 5) is 0. The molecule has 1 nitrogen and oxygen atoms in total. The van der Waals surface area contributed by atoms with Crippen LogP contribution in [0.2, 0.25) is 0 Å². The molecule has 2 rings (SSSR count). The molecule has 90 valence electrons. The molecule has 2 heteroatoms. The molecule has 0 bridgehead atoms. The molecule has 0 aliphatic carbocycles. The summed E-state index contributed by atoms with van der Waals surface area (Å²) >= 11 is 0. The van der Waals surface area contributed by atoms with Crippen LogP contribution in [0, 0.1) is 11.7 Å². The molecular formula is C14H22FN. The van der Waals surface area contributed by atoms with Crippen molar-refractivity contribution in [2.75, 3.05) is 13.1 Å². The highest BCUT2D eigenvalue weighted by Gasteiger charge is 2.13. The van der Waals surface area contributed by atoms with Crippen LogP contribution in [0.1, 0.15) is 32.3 Å². The van der Waals surface area contributed by atoms with Crippen molar-refractivity contribution in [3.8, 4) is 0 Å². The Morgan fingerprint density at radius 2 is 1.94 bits per heavy atom. The van der Waals surface area contributed by atoms with Gasteiger partial charge in [0.25, 0.3) is 0 Å². The molecule has 0 atom stereocenters. The highest BCUT2D eigenvalue weighted by Crippen LogP contribution is 2.18. The van der Waals surface area contributed by atoms with Gasteiger partial charge < -0.3 is 5.32 Å². The lowest BCUT2D eigenvalue weighted by Crippen LogP contribution is -2.28. The third-order valence-electron chi connectivity index (χ3n) is 2.87. The largest absolute Gasteiger partial charge is 0.317 e. The van der Waals surface area contributed by atoms with Gasteiger partial charge in [-0.2, -0.15) is 0 Å². The lowest BCUT2D eigenvalue weighted by atomic mass is 9.91. The van der Waals surface area contributed by atoms with Crippen LogP contribution >= 0.6 is 0 Å². The summed E-state index contributed by atoms with van der Waals surface area (Å²) in [6, 6.07) is 6.98. The zero-order chi connectivity index (χ0) is 11.8. The number of halogens is 1. The first-order chi connectivity index (χ1) is 7.84. The molecule has 1 fully saturated rings. The fraction of sp³-hybridized carbons (Fsp3) is 0.571. The predicted molar refractivity (Wildman–Crippen MR) is 67.0 cm³/mol. The molecular weight excluding hydrogens is 201 g/mol. The third-order valence-corrected chi connectivity index (χ3v) is 2.87. The maximum Gasteiger partial charge on any atom is 0.123 e.